The van der Waals surface area contributed by atoms with Crippen molar-refractivity contribution in [3.8, 4) is 11.3 Å². The van der Waals surface area contributed by atoms with Crippen LogP contribution in [0.4, 0.5) is 8.78 Å². The second-order valence-corrected chi connectivity index (χ2v) is 12.5. The number of nitrogens with zero attached hydrogens (tertiary/aromatic N) is 3. The number of rotatable bonds is 7. The van der Waals surface area contributed by atoms with Crippen molar-refractivity contribution in [1.29, 1.82) is 0 Å². The number of fused-ring (bicyclic) bond motifs is 5. The van der Waals surface area contributed by atoms with E-state index in [0.29, 0.717) is 18.7 Å². The first-order chi connectivity index (χ1) is 18.0. The highest BCUT2D eigenvalue weighted by atomic mass is 32.2. The van der Waals surface area contributed by atoms with Crippen LogP contribution in [0.3, 0.4) is 0 Å². The Hall–Kier alpha value is -3.24. The van der Waals surface area contributed by atoms with E-state index in [-0.39, 0.29) is 33.4 Å². The summed E-state index contributed by atoms with van der Waals surface area (Å²) in [5.74, 6) is -1.47. The van der Waals surface area contributed by atoms with Gasteiger partial charge in [0, 0.05) is 24.1 Å². The molecule has 1 N–H and O–H groups in total. The Kier molecular flexibility index (Phi) is 6.38. The number of hydrogen-bond donors (Lipinski definition) is 1. The molecule has 0 spiro atoms. The van der Waals surface area contributed by atoms with Gasteiger partial charge in [0.15, 0.2) is 0 Å². The normalized spacial score (nSPS) is 21.4. The van der Waals surface area contributed by atoms with Gasteiger partial charge in [-0.25, -0.2) is 21.9 Å². The topological polar surface area (TPSA) is 92.3 Å². The second-order valence-electron chi connectivity index (χ2n) is 10.6. The van der Waals surface area contributed by atoms with E-state index >= 15 is 0 Å². The molecule has 1 amide bonds. The molecule has 1 fully saturated rings. The quantitative estimate of drug-likeness (QED) is 0.471. The Morgan fingerprint density at radius 1 is 1.11 bits per heavy atom. The standard InChI is InChI=1S/C28H30F2N4O3S/c1-5-34(26(35)17-9-11-18(12-10-17)38(36,37)31-4)16-28-14-13-20(27(28,2)3)19-15-23(32-33-25(19)28)24-21(29)7-6-8-22(24)30/h6-12,15,20,31H,5,13-14,16H2,1-4H3/t20-,28-/m0/s1. The maximum absolute atomic E-state index is 14.5. The zero-order chi connectivity index (χ0) is 27.5. The molecule has 1 saturated carbocycles. The molecule has 0 unspecified atom stereocenters. The summed E-state index contributed by atoms with van der Waals surface area (Å²) in [4.78, 5) is 15.4. The van der Waals surface area contributed by atoms with E-state index < -0.39 is 27.1 Å². The summed E-state index contributed by atoms with van der Waals surface area (Å²) in [6, 6.07) is 11.4. The van der Waals surface area contributed by atoms with Gasteiger partial charge in [-0.3, -0.25) is 4.79 Å². The Balaban J connectivity index is 1.50. The molecule has 2 aliphatic rings. The van der Waals surface area contributed by atoms with Crippen molar-refractivity contribution in [1.82, 2.24) is 19.8 Å². The minimum Gasteiger partial charge on any atom is -0.338 e. The number of benzene rings is 2. The Labute approximate surface area is 221 Å². The maximum atomic E-state index is 14.5. The number of sulfonamides is 1. The molecule has 2 aromatic carbocycles. The number of halogens is 2. The first-order valence-corrected chi connectivity index (χ1v) is 14.1. The molecule has 3 aromatic rings. The minimum atomic E-state index is -3.61. The van der Waals surface area contributed by atoms with Crippen molar-refractivity contribution in [3.63, 3.8) is 0 Å². The molecule has 0 aliphatic heterocycles. The van der Waals surface area contributed by atoms with E-state index in [9.17, 15) is 22.0 Å². The molecule has 2 atom stereocenters. The van der Waals surface area contributed by atoms with Crippen LogP contribution in [0.5, 0.6) is 0 Å². The van der Waals surface area contributed by atoms with Crippen molar-refractivity contribution < 1.29 is 22.0 Å². The molecule has 1 heterocycles. The van der Waals surface area contributed by atoms with Crippen LogP contribution in [0.15, 0.2) is 53.4 Å². The summed E-state index contributed by atoms with van der Waals surface area (Å²) in [7, 11) is -2.27. The summed E-state index contributed by atoms with van der Waals surface area (Å²) in [5, 5.41) is 8.79. The van der Waals surface area contributed by atoms with E-state index in [4.69, 9.17) is 0 Å². The van der Waals surface area contributed by atoms with Gasteiger partial charge >= 0.3 is 0 Å². The number of amides is 1. The molecule has 2 aliphatic carbocycles. The van der Waals surface area contributed by atoms with Crippen LogP contribution in [0.25, 0.3) is 11.3 Å². The van der Waals surface area contributed by atoms with Gasteiger partial charge in [-0.2, -0.15) is 10.2 Å². The number of carbonyl (C=O) groups excluding carboxylic acids is 1. The molecule has 5 rings (SSSR count). The van der Waals surface area contributed by atoms with Gasteiger partial charge in [0.05, 0.1) is 21.8 Å². The van der Waals surface area contributed by atoms with E-state index in [1.54, 1.807) is 11.0 Å². The summed E-state index contributed by atoms with van der Waals surface area (Å²) < 4.78 is 55.4. The lowest BCUT2D eigenvalue weighted by atomic mass is 9.68. The second kappa shape index (κ2) is 9.20. The van der Waals surface area contributed by atoms with E-state index in [2.05, 4.69) is 28.8 Å². The van der Waals surface area contributed by atoms with Crippen LogP contribution in [0.1, 0.15) is 61.1 Å². The minimum absolute atomic E-state index is 0.0834. The molecule has 1 aromatic heterocycles. The fourth-order valence-electron chi connectivity index (χ4n) is 6.37. The molecule has 0 saturated heterocycles. The predicted octanol–water partition coefficient (Wildman–Crippen LogP) is 4.65. The highest BCUT2D eigenvalue weighted by Gasteiger charge is 2.64. The Morgan fingerprint density at radius 2 is 1.76 bits per heavy atom. The number of nitrogens with one attached hydrogen (secondary N) is 1. The molecule has 0 radical (unpaired) electrons. The van der Waals surface area contributed by atoms with Gasteiger partial charge in [-0.05, 0) is 86.2 Å². The maximum Gasteiger partial charge on any atom is 0.253 e. The van der Waals surface area contributed by atoms with Crippen molar-refractivity contribution in [2.24, 2.45) is 5.41 Å². The summed E-state index contributed by atoms with van der Waals surface area (Å²) >= 11 is 0. The zero-order valence-corrected chi connectivity index (χ0v) is 22.6. The lowest BCUT2D eigenvalue weighted by molar-refractivity contribution is 0.0652. The fraction of sp³-hybridized carbons (Fsp3) is 0.393. The number of carbonyl (C=O) groups is 1. The van der Waals surface area contributed by atoms with Crippen LogP contribution >= 0.6 is 0 Å². The fourth-order valence-corrected chi connectivity index (χ4v) is 7.10. The molecule has 10 heteroatoms. The predicted molar refractivity (Wildman–Crippen MR) is 139 cm³/mol. The van der Waals surface area contributed by atoms with E-state index in [1.165, 1.54) is 49.5 Å². The van der Waals surface area contributed by atoms with Gasteiger partial charge in [0.25, 0.3) is 5.91 Å². The zero-order valence-electron chi connectivity index (χ0n) is 21.8. The average molecular weight is 541 g/mol. The van der Waals surface area contributed by atoms with Crippen LogP contribution < -0.4 is 4.72 Å². The monoisotopic (exact) mass is 540 g/mol. The lowest BCUT2D eigenvalue weighted by Crippen LogP contribution is -2.48. The third kappa shape index (κ3) is 3.84. The molecule has 2 bridgehead atoms. The van der Waals surface area contributed by atoms with Gasteiger partial charge in [0.2, 0.25) is 10.0 Å². The third-order valence-corrected chi connectivity index (χ3v) is 10.1. The highest BCUT2D eigenvalue weighted by molar-refractivity contribution is 7.89. The molecule has 200 valence electrons. The Morgan fingerprint density at radius 3 is 2.37 bits per heavy atom. The molecular weight excluding hydrogens is 510 g/mol. The van der Waals surface area contributed by atoms with Crippen molar-refractivity contribution >= 4 is 15.9 Å². The van der Waals surface area contributed by atoms with Gasteiger partial charge in [-0.15, -0.1) is 0 Å². The van der Waals surface area contributed by atoms with Crippen molar-refractivity contribution in [3.05, 3.63) is 77.0 Å². The molecule has 7 nitrogen and oxygen atoms in total. The number of likely N-dealkylation sites (N-methyl/N-ethyl adjacent to an activating group) is 1. The summed E-state index contributed by atoms with van der Waals surface area (Å²) in [5.41, 5.74) is 1.33. The van der Waals surface area contributed by atoms with Gasteiger partial charge < -0.3 is 4.90 Å². The average Bonchev–Trinajstić information content (AvgIpc) is 3.26. The van der Waals surface area contributed by atoms with Crippen LogP contribution in [0.2, 0.25) is 0 Å². The third-order valence-electron chi connectivity index (χ3n) is 8.65. The van der Waals surface area contributed by atoms with Crippen LogP contribution in [-0.4, -0.2) is 49.6 Å². The number of aromatic nitrogens is 2. The number of hydrogen-bond acceptors (Lipinski definition) is 5. The summed E-state index contributed by atoms with van der Waals surface area (Å²) in [6.07, 6.45) is 1.68. The first-order valence-electron chi connectivity index (χ1n) is 12.6. The van der Waals surface area contributed by atoms with Crippen molar-refractivity contribution in [2.45, 2.75) is 49.8 Å². The SMILES string of the molecule is CCN(C[C@@]12CC[C@@H](c3cc(-c4c(F)cccc4F)nnc31)C2(C)C)C(=O)c1ccc(S(=O)(=O)NC)cc1. The van der Waals surface area contributed by atoms with Crippen LogP contribution in [-0.2, 0) is 15.4 Å². The van der Waals surface area contributed by atoms with E-state index in [1.807, 2.05) is 6.92 Å². The Bertz CT molecular complexity index is 1510. The van der Waals surface area contributed by atoms with Gasteiger partial charge in [0.1, 0.15) is 11.6 Å². The first kappa shape index (κ1) is 26.4. The molecular formula is C28H30F2N4O3S. The highest BCUT2D eigenvalue weighted by Crippen LogP contribution is 2.67. The van der Waals surface area contributed by atoms with Gasteiger partial charge in [-0.1, -0.05) is 19.9 Å². The summed E-state index contributed by atoms with van der Waals surface area (Å²) in [6.45, 7) is 7.06. The van der Waals surface area contributed by atoms with Crippen molar-refractivity contribution in [2.75, 3.05) is 20.1 Å². The smallest absolute Gasteiger partial charge is 0.253 e. The molecule has 38 heavy (non-hydrogen) atoms. The van der Waals surface area contributed by atoms with E-state index in [0.717, 1.165) is 24.1 Å². The lowest BCUT2D eigenvalue weighted by Gasteiger charge is -2.41. The largest absolute Gasteiger partial charge is 0.338 e. The van der Waals surface area contributed by atoms with Crippen LogP contribution in [0, 0.1) is 17.0 Å².